The molecule has 16 heavy (non-hydrogen) atoms. The maximum atomic E-state index is 12.2. The molecule has 1 spiro atoms. The summed E-state index contributed by atoms with van der Waals surface area (Å²) in [7, 11) is 0. The number of esters is 1. The van der Waals surface area contributed by atoms with Crippen molar-refractivity contribution in [3.63, 3.8) is 0 Å². The summed E-state index contributed by atoms with van der Waals surface area (Å²) >= 11 is 0. The standard InChI is InChI=1S/C13H23NO2/c1-12(2,3)16-11(15)10-6-9-14-13(10)7-4-5-8-13/h10,14H,4-9H2,1-3H3. The molecule has 0 radical (unpaired) electrons. The van der Waals surface area contributed by atoms with Gasteiger partial charge in [0.25, 0.3) is 0 Å². The van der Waals surface area contributed by atoms with Crippen molar-refractivity contribution in [3.05, 3.63) is 0 Å². The molecule has 1 N–H and O–H groups in total. The van der Waals surface area contributed by atoms with E-state index in [9.17, 15) is 4.79 Å². The van der Waals surface area contributed by atoms with Crippen molar-refractivity contribution in [3.8, 4) is 0 Å². The van der Waals surface area contributed by atoms with Crippen molar-refractivity contribution in [2.75, 3.05) is 6.54 Å². The minimum atomic E-state index is -0.362. The number of hydrogen-bond acceptors (Lipinski definition) is 3. The molecule has 0 amide bonds. The molecular weight excluding hydrogens is 202 g/mol. The highest BCUT2D eigenvalue weighted by Gasteiger charge is 2.49. The second kappa shape index (κ2) is 4.02. The number of ether oxygens (including phenoxy) is 1. The Labute approximate surface area is 97.9 Å². The highest BCUT2D eigenvalue weighted by molar-refractivity contribution is 5.75. The van der Waals surface area contributed by atoms with Crippen molar-refractivity contribution < 1.29 is 9.53 Å². The molecule has 2 rings (SSSR count). The minimum absolute atomic E-state index is 0.000556. The zero-order valence-electron chi connectivity index (χ0n) is 10.6. The quantitative estimate of drug-likeness (QED) is 0.696. The predicted molar refractivity (Wildman–Crippen MR) is 63.2 cm³/mol. The first-order valence-corrected chi connectivity index (χ1v) is 6.41. The van der Waals surface area contributed by atoms with E-state index in [1.807, 2.05) is 20.8 Å². The molecule has 1 aliphatic carbocycles. The van der Waals surface area contributed by atoms with Crippen LogP contribution in [0.5, 0.6) is 0 Å². The minimum Gasteiger partial charge on any atom is -0.460 e. The molecule has 0 aromatic carbocycles. The summed E-state index contributed by atoms with van der Waals surface area (Å²) in [4.78, 5) is 12.2. The third-order valence-corrected chi connectivity index (χ3v) is 3.76. The fourth-order valence-electron chi connectivity index (χ4n) is 3.11. The molecule has 3 heteroatoms. The average molecular weight is 225 g/mol. The molecule has 1 unspecified atom stereocenters. The molecule has 92 valence electrons. The van der Waals surface area contributed by atoms with Crippen molar-refractivity contribution in [1.82, 2.24) is 5.32 Å². The molecule has 1 saturated carbocycles. The Kier molecular flexibility index (Phi) is 2.99. The SMILES string of the molecule is CC(C)(C)OC(=O)C1CCNC12CCCC2. The molecular formula is C13H23NO2. The Morgan fingerprint density at radius 1 is 1.31 bits per heavy atom. The van der Waals surface area contributed by atoms with E-state index in [4.69, 9.17) is 4.74 Å². The number of hydrogen-bond donors (Lipinski definition) is 1. The first-order chi connectivity index (χ1) is 7.43. The number of rotatable bonds is 1. The number of carbonyl (C=O) groups excluding carboxylic acids is 1. The van der Waals surface area contributed by atoms with Gasteiger partial charge >= 0.3 is 5.97 Å². The topological polar surface area (TPSA) is 38.3 Å². The second-order valence-corrected chi connectivity index (χ2v) is 6.16. The average Bonchev–Trinajstić information content (AvgIpc) is 2.74. The molecule has 2 aliphatic rings. The van der Waals surface area contributed by atoms with E-state index in [2.05, 4.69) is 5.32 Å². The normalized spacial score (nSPS) is 28.6. The van der Waals surface area contributed by atoms with Gasteiger partial charge in [0.2, 0.25) is 0 Å². The Morgan fingerprint density at radius 2 is 1.94 bits per heavy atom. The largest absolute Gasteiger partial charge is 0.460 e. The monoisotopic (exact) mass is 225 g/mol. The molecule has 3 nitrogen and oxygen atoms in total. The lowest BCUT2D eigenvalue weighted by molar-refractivity contribution is -0.161. The summed E-state index contributed by atoms with van der Waals surface area (Å²) in [6, 6.07) is 0. The maximum absolute atomic E-state index is 12.2. The Bertz CT molecular complexity index is 269. The molecule has 1 saturated heterocycles. The summed E-state index contributed by atoms with van der Waals surface area (Å²) in [5.74, 6) is 0.0774. The fourth-order valence-corrected chi connectivity index (χ4v) is 3.11. The van der Waals surface area contributed by atoms with Crippen LogP contribution in [0.25, 0.3) is 0 Å². The Hall–Kier alpha value is -0.570. The van der Waals surface area contributed by atoms with Gasteiger partial charge in [-0.05, 0) is 46.6 Å². The van der Waals surface area contributed by atoms with E-state index in [-0.39, 0.29) is 23.0 Å². The lowest BCUT2D eigenvalue weighted by atomic mass is 9.84. The van der Waals surface area contributed by atoms with Crippen LogP contribution >= 0.6 is 0 Å². The second-order valence-electron chi connectivity index (χ2n) is 6.16. The smallest absolute Gasteiger partial charge is 0.311 e. The van der Waals surface area contributed by atoms with Crippen LogP contribution in [0.4, 0.5) is 0 Å². The summed E-state index contributed by atoms with van der Waals surface area (Å²) in [6.45, 7) is 6.78. The van der Waals surface area contributed by atoms with Crippen molar-refractivity contribution in [1.29, 1.82) is 0 Å². The zero-order valence-corrected chi connectivity index (χ0v) is 10.6. The summed E-state index contributed by atoms with van der Waals surface area (Å²) < 4.78 is 5.53. The van der Waals surface area contributed by atoms with Gasteiger partial charge in [-0.3, -0.25) is 4.79 Å². The van der Waals surface area contributed by atoms with E-state index in [0.717, 1.165) is 25.8 Å². The van der Waals surface area contributed by atoms with Gasteiger partial charge in [-0.15, -0.1) is 0 Å². The van der Waals surface area contributed by atoms with E-state index in [1.165, 1.54) is 12.8 Å². The summed E-state index contributed by atoms with van der Waals surface area (Å²) in [5, 5.41) is 3.55. The highest BCUT2D eigenvalue weighted by Crippen LogP contribution is 2.41. The van der Waals surface area contributed by atoms with Gasteiger partial charge < -0.3 is 10.1 Å². The molecule has 2 fully saturated rings. The van der Waals surface area contributed by atoms with E-state index in [0.29, 0.717) is 0 Å². The lowest BCUT2D eigenvalue weighted by Crippen LogP contribution is -2.46. The van der Waals surface area contributed by atoms with Crippen LogP contribution in [0.2, 0.25) is 0 Å². The first kappa shape index (κ1) is 11.9. The van der Waals surface area contributed by atoms with Crippen LogP contribution in [-0.2, 0) is 9.53 Å². The van der Waals surface area contributed by atoms with Gasteiger partial charge in [0.05, 0.1) is 5.92 Å². The molecule has 1 atom stereocenters. The summed E-state index contributed by atoms with van der Waals surface area (Å²) in [6.07, 6.45) is 5.70. The third-order valence-electron chi connectivity index (χ3n) is 3.76. The van der Waals surface area contributed by atoms with Crippen molar-refractivity contribution in [2.24, 2.45) is 5.92 Å². The first-order valence-electron chi connectivity index (χ1n) is 6.41. The summed E-state index contributed by atoms with van der Waals surface area (Å²) in [5.41, 5.74) is -0.290. The predicted octanol–water partition coefficient (Wildman–Crippen LogP) is 2.25. The van der Waals surface area contributed by atoms with Crippen molar-refractivity contribution in [2.45, 2.75) is 64.0 Å². The van der Waals surface area contributed by atoms with Gasteiger partial charge in [-0.2, -0.15) is 0 Å². The maximum Gasteiger partial charge on any atom is 0.311 e. The van der Waals surface area contributed by atoms with E-state index in [1.54, 1.807) is 0 Å². The van der Waals surface area contributed by atoms with Gasteiger partial charge in [0, 0.05) is 5.54 Å². The third kappa shape index (κ3) is 2.24. The molecule has 1 aliphatic heterocycles. The van der Waals surface area contributed by atoms with Gasteiger partial charge in [-0.25, -0.2) is 0 Å². The van der Waals surface area contributed by atoms with Crippen molar-refractivity contribution >= 4 is 5.97 Å². The van der Waals surface area contributed by atoms with Crippen LogP contribution in [0.1, 0.15) is 52.9 Å². The fraction of sp³-hybridized carbons (Fsp3) is 0.923. The Morgan fingerprint density at radius 3 is 2.50 bits per heavy atom. The molecule has 0 aromatic rings. The lowest BCUT2D eigenvalue weighted by Gasteiger charge is -2.32. The van der Waals surface area contributed by atoms with Crippen LogP contribution in [0.15, 0.2) is 0 Å². The molecule has 0 bridgehead atoms. The van der Waals surface area contributed by atoms with Crippen LogP contribution < -0.4 is 5.32 Å². The van der Waals surface area contributed by atoms with Crippen LogP contribution in [0.3, 0.4) is 0 Å². The highest BCUT2D eigenvalue weighted by atomic mass is 16.6. The zero-order chi connectivity index (χ0) is 11.8. The van der Waals surface area contributed by atoms with Crippen LogP contribution in [0, 0.1) is 5.92 Å². The van der Waals surface area contributed by atoms with Gasteiger partial charge in [0.15, 0.2) is 0 Å². The number of nitrogens with one attached hydrogen (secondary N) is 1. The number of carbonyl (C=O) groups is 1. The van der Waals surface area contributed by atoms with E-state index < -0.39 is 0 Å². The molecule has 0 aromatic heterocycles. The van der Waals surface area contributed by atoms with Crippen LogP contribution in [-0.4, -0.2) is 23.7 Å². The molecule has 1 heterocycles. The van der Waals surface area contributed by atoms with Gasteiger partial charge in [-0.1, -0.05) is 12.8 Å². The van der Waals surface area contributed by atoms with Gasteiger partial charge in [0.1, 0.15) is 5.60 Å². The Balaban J connectivity index is 2.05. The van der Waals surface area contributed by atoms with E-state index >= 15 is 0 Å².